The topological polar surface area (TPSA) is 56.3 Å². The smallest absolute Gasteiger partial charge is 0.231 e. The Bertz CT molecular complexity index is 821. The van der Waals surface area contributed by atoms with Gasteiger partial charge in [0, 0.05) is 17.1 Å². The third-order valence-electron chi connectivity index (χ3n) is 3.24. The first-order valence-corrected chi connectivity index (χ1v) is 6.36. The molecule has 3 aromatic rings. The quantitative estimate of drug-likeness (QED) is 0.782. The molecule has 0 saturated carbocycles. The zero-order valence-electron chi connectivity index (χ0n) is 10.8. The van der Waals surface area contributed by atoms with Crippen molar-refractivity contribution in [1.29, 1.82) is 0 Å². The van der Waals surface area contributed by atoms with Crippen molar-refractivity contribution in [3.63, 3.8) is 0 Å². The summed E-state index contributed by atoms with van der Waals surface area (Å²) in [5, 5.41) is 3.96. The summed E-state index contributed by atoms with van der Waals surface area (Å²) in [6.45, 7) is 0.208. The van der Waals surface area contributed by atoms with E-state index in [1.54, 1.807) is 12.1 Å². The summed E-state index contributed by atoms with van der Waals surface area (Å²) < 4.78 is 23.7. The summed E-state index contributed by atoms with van der Waals surface area (Å²) in [5.74, 6) is 1.69. The highest BCUT2D eigenvalue weighted by atomic mass is 19.1. The van der Waals surface area contributed by atoms with Crippen molar-refractivity contribution >= 4 is 22.4 Å². The van der Waals surface area contributed by atoms with Crippen LogP contribution in [-0.2, 0) is 0 Å². The monoisotopic (exact) mass is 283 g/mol. The molecule has 0 aliphatic carbocycles. The molecule has 1 N–H and O–H groups in total. The van der Waals surface area contributed by atoms with Gasteiger partial charge in [0.2, 0.25) is 6.79 Å². The largest absolute Gasteiger partial charge is 0.454 e. The van der Waals surface area contributed by atoms with Gasteiger partial charge in [-0.05, 0) is 30.3 Å². The molecular formula is C15H10FN3O2. The maximum absolute atomic E-state index is 12.9. The lowest BCUT2D eigenvalue weighted by atomic mass is 10.2. The lowest BCUT2D eigenvalue weighted by Gasteiger charge is -2.08. The molecule has 0 atom stereocenters. The van der Waals surface area contributed by atoms with E-state index in [-0.39, 0.29) is 12.6 Å². The maximum atomic E-state index is 12.9. The van der Waals surface area contributed by atoms with Gasteiger partial charge in [-0.1, -0.05) is 0 Å². The molecule has 0 fully saturated rings. The van der Waals surface area contributed by atoms with Crippen LogP contribution < -0.4 is 14.8 Å². The number of benzene rings is 2. The average molecular weight is 283 g/mol. The van der Waals surface area contributed by atoms with Gasteiger partial charge in [0.1, 0.15) is 18.0 Å². The van der Waals surface area contributed by atoms with Gasteiger partial charge in [-0.15, -0.1) is 0 Å². The van der Waals surface area contributed by atoms with E-state index < -0.39 is 0 Å². The molecule has 104 valence electrons. The minimum Gasteiger partial charge on any atom is -0.454 e. The van der Waals surface area contributed by atoms with Gasteiger partial charge in [-0.25, -0.2) is 14.4 Å². The number of aromatic nitrogens is 2. The van der Waals surface area contributed by atoms with E-state index in [2.05, 4.69) is 15.3 Å². The summed E-state index contributed by atoms with van der Waals surface area (Å²) in [7, 11) is 0. The maximum Gasteiger partial charge on any atom is 0.231 e. The Labute approximate surface area is 119 Å². The molecule has 0 radical (unpaired) electrons. The van der Waals surface area contributed by atoms with E-state index >= 15 is 0 Å². The Morgan fingerprint density at radius 2 is 1.76 bits per heavy atom. The molecular weight excluding hydrogens is 273 g/mol. The molecule has 6 heteroatoms. The SMILES string of the molecule is Fc1ccc(Nc2ncnc3cc4c(cc23)OCO4)cc1. The summed E-state index contributed by atoms with van der Waals surface area (Å²) >= 11 is 0. The molecule has 2 heterocycles. The van der Waals surface area contributed by atoms with E-state index in [9.17, 15) is 4.39 Å². The van der Waals surface area contributed by atoms with E-state index in [1.165, 1.54) is 18.5 Å². The predicted octanol–water partition coefficient (Wildman–Crippen LogP) is 3.24. The van der Waals surface area contributed by atoms with Crippen LogP contribution in [0.3, 0.4) is 0 Å². The normalized spacial score (nSPS) is 12.6. The van der Waals surface area contributed by atoms with Crippen molar-refractivity contribution < 1.29 is 13.9 Å². The highest BCUT2D eigenvalue weighted by Gasteiger charge is 2.16. The Morgan fingerprint density at radius 1 is 1.00 bits per heavy atom. The number of nitrogens with one attached hydrogen (secondary N) is 1. The van der Waals surface area contributed by atoms with Crippen molar-refractivity contribution in [3.05, 3.63) is 48.5 Å². The lowest BCUT2D eigenvalue weighted by Crippen LogP contribution is -1.96. The van der Waals surface area contributed by atoms with Crippen LogP contribution in [0.25, 0.3) is 10.9 Å². The molecule has 1 aliphatic rings. The predicted molar refractivity (Wildman–Crippen MR) is 75.3 cm³/mol. The van der Waals surface area contributed by atoms with Crippen molar-refractivity contribution in [1.82, 2.24) is 9.97 Å². The number of anilines is 2. The van der Waals surface area contributed by atoms with E-state index in [4.69, 9.17) is 9.47 Å². The van der Waals surface area contributed by atoms with Crippen LogP contribution in [0.2, 0.25) is 0 Å². The molecule has 0 spiro atoms. The van der Waals surface area contributed by atoms with Crippen molar-refractivity contribution in [2.75, 3.05) is 12.1 Å². The Kier molecular flexibility index (Phi) is 2.60. The van der Waals surface area contributed by atoms with E-state index in [1.807, 2.05) is 12.1 Å². The molecule has 0 unspecified atom stereocenters. The molecule has 0 saturated heterocycles. The third-order valence-corrected chi connectivity index (χ3v) is 3.24. The van der Waals surface area contributed by atoms with Gasteiger partial charge in [0.05, 0.1) is 5.52 Å². The van der Waals surface area contributed by atoms with Crippen LogP contribution in [0.1, 0.15) is 0 Å². The van der Waals surface area contributed by atoms with Crippen LogP contribution in [0.5, 0.6) is 11.5 Å². The molecule has 21 heavy (non-hydrogen) atoms. The van der Waals surface area contributed by atoms with Gasteiger partial charge in [-0.3, -0.25) is 0 Å². The summed E-state index contributed by atoms with van der Waals surface area (Å²) in [4.78, 5) is 8.47. The first-order chi connectivity index (χ1) is 10.3. The highest BCUT2D eigenvalue weighted by molar-refractivity contribution is 5.93. The number of hydrogen-bond acceptors (Lipinski definition) is 5. The molecule has 2 aromatic carbocycles. The number of rotatable bonds is 2. The molecule has 5 nitrogen and oxygen atoms in total. The number of halogens is 1. The first kappa shape index (κ1) is 11.9. The Morgan fingerprint density at radius 3 is 2.57 bits per heavy atom. The standard InChI is InChI=1S/C15H10FN3O2/c16-9-1-3-10(4-2-9)19-15-11-5-13-14(21-8-20-13)6-12(11)17-7-18-15/h1-7H,8H2,(H,17,18,19). The molecule has 4 rings (SSSR count). The fourth-order valence-electron chi connectivity index (χ4n) is 2.22. The lowest BCUT2D eigenvalue weighted by molar-refractivity contribution is 0.174. The number of hydrogen-bond donors (Lipinski definition) is 1. The molecule has 1 aliphatic heterocycles. The second-order valence-electron chi connectivity index (χ2n) is 4.58. The van der Waals surface area contributed by atoms with Crippen molar-refractivity contribution in [3.8, 4) is 11.5 Å². The van der Waals surface area contributed by atoms with Crippen LogP contribution in [0.15, 0.2) is 42.7 Å². The minimum atomic E-state index is -0.281. The fourth-order valence-corrected chi connectivity index (χ4v) is 2.22. The zero-order valence-corrected chi connectivity index (χ0v) is 10.8. The highest BCUT2D eigenvalue weighted by Crippen LogP contribution is 2.37. The minimum absolute atomic E-state index is 0.208. The van der Waals surface area contributed by atoms with Crippen molar-refractivity contribution in [2.24, 2.45) is 0 Å². The van der Waals surface area contributed by atoms with Crippen LogP contribution in [0.4, 0.5) is 15.9 Å². The van der Waals surface area contributed by atoms with E-state index in [0.717, 1.165) is 16.6 Å². The van der Waals surface area contributed by atoms with E-state index in [0.29, 0.717) is 17.3 Å². The summed E-state index contributed by atoms with van der Waals surface area (Å²) in [5.41, 5.74) is 1.49. The Hall–Kier alpha value is -2.89. The average Bonchev–Trinajstić information content (AvgIpc) is 2.95. The van der Waals surface area contributed by atoms with Crippen LogP contribution in [0, 0.1) is 5.82 Å². The number of fused-ring (bicyclic) bond motifs is 2. The van der Waals surface area contributed by atoms with Gasteiger partial charge in [0.25, 0.3) is 0 Å². The zero-order chi connectivity index (χ0) is 14.2. The summed E-state index contributed by atoms with van der Waals surface area (Å²) in [6.07, 6.45) is 1.47. The van der Waals surface area contributed by atoms with Gasteiger partial charge >= 0.3 is 0 Å². The molecule has 1 aromatic heterocycles. The van der Waals surface area contributed by atoms with Crippen molar-refractivity contribution in [2.45, 2.75) is 0 Å². The summed E-state index contributed by atoms with van der Waals surface area (Å²) in [6, 6.07) is 9.73. The number of nitrogens with zero attached hydrogens (tertiary/aromatic N) is 2. The second kappa shape index (κ2) is 4.59. The van der Waals surface area contributed by atoms with Gasteiger partial charge in [-0.2, -0.15) is 0 Å². The van der Waals surface area contributed by atoms with Gasteiger partial charge in [0.15, 0.2) is 11.5 Å². The first-order valence-electron chi connectivity index (χ1n) is 6.36. The fraction of sp³-hybridized carbons (Fsp3) is 0.0667. The number of ether oxygens (including phenoxy) is 2. The van der Waals surface area contributed by atoms with Crippen LogP contribution >= 0.6 is 0 Å². The van der Waals surface area contributed by atoms with Crippen LogP contribution in [-0.4, -0.2) is 16.8 Å². The molecule has 0 bridgehead atoms. The molecule has 0 amide bonds. The Balaban J connectivity index is 1.79. The van der Waals surface area contributed by atoms with Gasteiger partial charge < -0.3 is 14.8 Å². The third kappa shape index (κ3) is 2.10. The second-order valence-corrected chi connectivity index (χ2v) is 4.58.